The predicted molar refractivity (Wildman–Crippen MR) is 65.2 cm³/mol. The van der Waals surface area contributed by atoms with Crippen molar-refractivity contribution in [2.45, 2.75) is 12.8 Å². The molecule has 18 heavy (non-hydrogen) atoms. The zero-order chi connectivity index (χ0) is 12.8. The third kappa shape index (κ3) is 3.30. The van der Waals surface area contributed by atoms with E-state index in [9.17, 15) is 4.79 Å². The number of nitrogens with zero attached hydrogens (tertiary/aromatic N) is 1. The maximum atomic E-state index is 11.5. The molecule has 0 bridgehead atoms. The van der Waals surface area contributed by atoms with E-state index >= 15 is 0 Å². The minimum Gasteiger partial charge on any atom is -0.465 e. The van der Waals surface area contributed by atoms with Gasteiger partial charge in [0.1, 0.15) is 11.9 Å². The van der Waals surface area contributed by atoms with Crippen LogP contribution in [0.15, 0.2) is 28.7 Å². The molecule has 0 fully saturated rings. The maximum Gasteiger partial charge on any atom is 0.315 e. The maximum absolute atomic E-state index is 11.5. The lowest BCUT2D eigenvalue weighted by Gasteiger charge is -2.02. The zero-order valence-corrected chi connectivity index (χ0v) is 10.2. The number of oxazole rings is 1. The van der Waals surface area contributed by atoms with Gasteiger partial charge < -0.3 is 13.9 Å². The number of hydrogen-bond donors (Lipinski definition) is 0. The fourth-order valence-electron chi connectivity index (χ4n) is 1.56. The normalized spacial score (nSPS) is 10.7. The summed E-state index contributed by atoms with van der Waals surface area (Å²) in [4.78, 5) is 15.7. The van der Waals surface area contributed by atoms with Gasteiger partial charge in [0.15, 0.2) is 5.58 Å². The Morgan fingerprint density at radius 1 is 1.33 bits per heavy atom. The molecule has 1 aromatic carbocycles. The van der Waals surface area contributed by atoms with Crippen LogP contribution in [0.5, 0.6) is 0 Å². The summed E-state index contributed by atoms with van der Waals surface area (Å²) in [6.45, 7) is 0.934. The number of carbonyl (C=O) groups is 1. The smallest absolute Gasteiger partial charge is 0.315 e. The van der Waals surface area contributed by atoms with Crippen molar-refractivity contribution in [3.8, 4) is 0 Å². The van der Waals surface area contributed by atoms with Crippen molar-refractivity contribution in [3.05, 3.63) is 30.2 Å². The van der Waals surface area contributed by atoms with Gasteiger partial charge in [-0.25, -0.2) is 4.98 Å². The molecule has 0 aliphatic carbocycles. The van der Waals surface area contributed by atoms with E-state index in [2.05, 4.69) is 4.98 Å². The lowest BCUT2D eigenvalue weighted by Crippen LogP contribution is -2.10. The molecule has 2 aromatic rings. The van der Waals surface area contributed by atoms with Crippen LogP contribution in [0.2, 0.25) is 0 Å². The van der Waals surface area contributed by atoms with Crippen LogP contribution in [0.3, 0.4) is 0 Å². The van der Waals surface area contributed by atoms with Crippen LogP contribution < -0.4 is 0 Å². The number of hydrogen-bond acceptors (Lipinski definition) is 5. The topological polar surface area (TPSA) is 61.6 Å². The molecule has 0 amide bonds. The molecule has 0 N–H and O–H groups in total. The van der Waals surface area contributed by atoms with Crippen molar-refractivity contribution >= 4 is 17.1 Å². The van der Waals surface area contributed by atoms with Crippen molar-refractivity contribution in [2.24, 2.45) is 0 Å². The van der Waals surface area contributed by atoms with Crippen LogP contribution in [-0.2, 0) is 20.7 Å². The van der Waals surface area contributed by atoms with E-state index in [4.69, 9.17) is 13.9 Å². The van der Waals surface area contributed by atoms with Crippen molar-refractivity contribution in [1.82, 2.24) is 4.98 Å². The second-order valence-electron chi connectivity index (χ2n) is 3.82. The van der Waals surface area contributed by atoms with Gasteiger partial charge in [0.25, 0.3) is 0 Å². The first-order valence-electron chi connectivity index (χ1n) is 5.78. The van der Waals surface area contributed by atoms with Crippen LogP contribution in [0.4, 0.5) is 0 Å². The van der Waals surface area contributed by atoms with Gasteiger partial charge in [-0.2, -0.15) is 0 Å². The summed E-state index contributed by atoms with van der Waals surface area (Å²) in [6.07, 6.45) is 0.747. The molecule has 0 saturated heterocycles. The second kappa shape index (κ2) is 6.16. The lowest BCUT2D eigenvalue weighted by atomic mass is 10.3. The van der Waals surface area contributed by atoms with Gasteiger partial charge in [0, 0.05) is 20.1 Å². The van der Waals surface area contributed by atoms with Gasteiger partial charge in [-0.15, -0.1) is 0 Å². The van der Waals surface area contributed by atoms with Gasteiger partial charge >= 0.3 is 5.97 Å². The highest BCUT2D eigenvalue weighted by Crippen LogP contribution is 2.15. The molecule has 2 rings (SSSR count). The largest absolute Gasteiger partial charge is 0.465 e. The first kappa shape index (κ1) is 12.6. The Labute approximate surface area is 105 Å². The van der Waals surface area contributed by atoms with Crippen LogP contribution in [-0.4, -0.2) is 31.3 Å². The number of rotatable bonds is 6. The summed E-state index contributed by atoms with van der Waals surface area (Å²) in [5, 5.41) is 0. The SMILES string of the molecule is COCCCOC(=O)Cc1nc2ccccc2o1. The van der Waals surface area contributed by atoms with Gasteiger partial charge in [-0.1, -0.05) is 12.1 Å². The average Bonchev–Trinajstić information content (AvgIpc) is 2.76. The molecule has 0 aliphatic rings. The van der Waals surface area contributed by atoms with Crippen LogP contribution in [0, 0.1) is 0 Å². The van der Waals surface area contributed by atoms with E-state index in [1.54, 1.807) is 7.11 Å². The Kier molecular flexibility index (Phi) is 4.30. The van der Waals surface area contributed by atoms with Crippen LogP contribution in [0.25, 0.3) is 11.1 Å². The van der Waals surface area contributed by atoms with E-state index in [-0.39, 0.29) is 12.4 Å². The molecule has 1 heterocycles. The summed E-state index contributed by atoms with van der Waals surface area (Å²) in [5.74, 6) is 0.0469. The summed E-state index contributed by atoms with van der Waals surface area (Å²) in [6, 6.07) is 7.39. The highest BCUT2D eigenvalue weighted by atomic mass is 16.5. The molecule has 0 unspecified atom stereocenters. The fourth-order valence-corrected chi connectivity index (χ4v) is 1.56. The number of para-hydroxylation sites is 2. The second-order valence-corrected chi connectivity index (χ2v) is 3.82. The third-order valence-corrected chi connectivity index (χ3v) is 2.39. The molecule has 1 aromatic heterocycles. The van der Waals surface area contributed by atoms with E-state index in [1.165, 1.54) is 0 Å². The molecule has 0 spiro atoms. The van der Waals surface area contributed by atoms with Gasteiger partial charge in [-0.3, -0.25) is 4.79 Å². The number of fused-ring (bicyclic) bond motifs is 1. The molecule has 5 nitrogen and oxygen atoms in total. The van der Waals surface area contributed by atoms with E-state index < -0.39 is 0 Å². The Morgan fingerprint density at radius 2 is 2.17 bits per heavy atom. The summed E-state index contributed by atoms with van der Waals surface area (Å²) in [7, 11) is 1.61. The highest BCUT2D eigenvalue weighted by Gasteiger charge is 2.11. The highest BCUT2D eigenvalue weighted by molar-refractivity contribution is 5.75. The average molecular weight is 249 g/mol. The van der Waals surface area contributed by atoms with Crippen molar-refractivity contribution in [1.29, 1.82) is 0 Å². The number of methoxy groups -OCH3 is 1. The number of esters is 1. The monoisotopic (exact) mass is 249 g/mol. The van der Waals surface area contributed by atoms with Crippen LogP contribution in [0.1, 0.15) is 12.3 Å². The molecule has 96 valence electrons. The Balaban J connectivity index is 1.86. The predicted octanol–water partition coefficient (Wildman–Crippen LogP) is 1.95. The molecular formula is C13H15NO4. The molecular weight excluding hydrogens is 234 g/mol. The van der Waals surface area contributed by atoms with E-state index in [0.29, 0.717) is 31.1 Å². The van der Waals surface area contributed by atoms with E-state index in [1.807, 2.05) is 24.3 Å². The molecule has 0 radical (unpaired) electrons. The molecule has 0 saturated carbocycles. The van der Waals surface area contributed by atoms with Crippen molar-refractivity contribution in [2.75, 3.05) is 20.3 Å². The molecule has 0 aliphatic heterocycles. The van der Waals surface area contributed by atoms with Crippen molar-refractivity contribution in [3.63, 3.8) is 0 Å². The standard InChI is InChI=1S/C13H15NO4/c1-16-7-4-8-17-13(15)9-12-14-10-5-2-3-6-11(10)18-12/h2-3,5-6H,4,7-9H2,1H3. The Morgan fingerprint density at radius 3 is 2.94 bits per heavy atom. The fraction of sp³-hybridized carbons (Fsp3) is 0.385. The van der Waals surface area contributed by atoms with Crippen LogP contribution >= 0.6 is 0 Å². The van der Waals surface area contributed by atoms with E-state index in [0.717, 1.165) is 5.52 Å². The Bertz CT molecular complexity index is 487. The Hall–Kier alpha value is -1.88. The molecule has 5 heteroatoms. The number of benzene rings is 1. The minimum atomic E-state index is -0.336. The van der Waals surface area contributed by atoms with Gasteiger partial charge in [0.05, 0.1) is 6.61 Å². The first-order chi connectivity index (χ1) is 8.79. The quantitative estimate of drug-likeness (QED) is 0.578. The summed E-state index contributed by atoms with van der Waals surface area (Å²) >= 11 is 0. The molecule has 0 atom stereocenters. The van der Waals surface area contributed by atoms with Crippen molar-refractivity contribution < 1.29 is 18.7 Å². The number of carbonyl (C=O) groups excluding carboxylic acids is 1. The number of ether oxygens (including phenoxy) is 2. The minimum absolute atomic E-state index is 0.0572. The summed E-state index contributed by atoms with van der Waals surface area (Å²) < 4.78 is 15.3. The third-order valence-electron chi connectivity index (χ3n) is 2.39. The first-order valence-corrected chi connectivity index (χ1v) is 5.78. The van der Waals surface area contributed by atoms with Gasteiger partial charge in [0.2, 0.25) is 5.89 Å². The van der Waals surface area contributed by atoms with Gasteiger partial charge in [-0.05, 0) is 12.1 Å². The number of aromatic nitrogens is 1. The lowest BCUT2D eigenvalue weighted by molar-refractivity contribution is -0.143. The zero-order valence-electron chi connectivity index (χ0n) is 10.2. The summed E-state index contributed by atoms with van der Waals surface area (Å²) in [5.41, 5.74) is 1.43.